The van der Waals surface area contributed by atoms with Crippen LogP contribution in [0.15, 0.2) is 48.6 Å². The molecule has 0 aromatic carbocycles. The van der Waals surface area contributed by atoms with E-state index < -0.39 is 18.2 Å². The normalized spacial score (nSPS) is 14.0. The highest BCUT2D eigenvalue weighted by molar-refractivity contribution is 5.69. The second-order valence-electron chi connectivity index (χ2n) is 13.1. The van der Waals surface area contributed by atoms with Gasteiger partial charge in [0.2, 0.25) is 0 Å². The van der Waals surface area contributed by atoms with Crippen molar-refractivity contribution in [3.05, 3.63) is 48.6 Å². The van der Waals surface area contributed by atoms with Crippen molar-refractivity contribution in [2.75, 3.05) is 13.2 Å². The lowest BCUT2D eigenvalue weighted by atomic mass is 10.0. The van der Waals surface area contributed by atoms with Gasteiger partial charge in [-0.25, -0.2) is 0 Å². The van der Waals surface area contributed by atoms with E-state index in [2.05, 4.69) is 13.8 Å². The number of carbonyl (C=O) groups is 2. The lowest BCUT2D eigenvalue weighted by molar-refractivity contribution is -0.152. The summed E-state index contributed by atoms with van der Waals surface area (Å²) in [6.07, 6.45) is 38.1. The maximum absolute atomic E-state index is 12.0. The van der Waals surface area contributed by atoms with Crippen molar-refractivity contribution in [1.29, 1.82) is 0 Å². The van der Waals surface area contributed by atoms with Crippen LogP contribution in [-0.4, -0.2) is 58.8 Å². The van der Waals surface area contributed by atoms with E-state index in [1.165, 1.54) is 77.0 Å². The molecule has 48 heavy (non-hydrogen) atoms. The van der Waals surface area contributed by atoms with Gasteiger partial charge in [-0.3, -0.25) is 9.59 Å². The van der Waals surface area contributed by atoms with Crippen LogP contribution in [0.5, 0.6) is 0 Å². The van der Waals surface area contributed by atoms with Crippen molar-refractivity contribution >= 4 is 11.9 Å². The molecule has 3 N–H and O–H groups in total. The minimum atomic E-state index is -1.05. The van der Waals surface area contributed by atoms with E-state index in [1.807, 2.05) is 36.5 Å². The maximum Gasteiger partial charge on any atom is 0.305 e. The first-order chi connectivity index (χ1) is 23.4. The lowest BCUT2D eigenvalue weighted by Gasteiger charge is -2.12. The van der Waals surface area contributed by atoms with Crippen molar-refractivity contribution in [2.45, 2.75) is 186 Å². The zero-order valence-corrected chi connectivity index (χ0v) is 30.7. The Bertz CT molecular complexity index is 848. The molecule has 0 aliphatic carbocycles. The highest BCUT2D eigenvalue weighted by Gasteiger charge is 2.12. The van der Waals surface area contributed by atoms with Gasteiger partial charge in [0, 0.05) is 12.8 Å². The molecule has 0 bridgehead atoms. The fourth-order valence-electron chi connectivity index (χ4n) is 5.24. The van der Waals surface area contributed by atoms with E-state index in [1.54, 1.807) is 12.2 Å². The predicted molar refractivity (Wildman–Crippen MR) is 199 cm³/mol. The Morgan fingerprint density at radius 3 is 1.33 bits per heavy atom. The number of aliphatic hydroxyl groups excluding tert-OH is 3. The molecular formula is C41H72O7. The molecule has 0 radical (unpaired) electrons. The lowest BCUT2D eigenvalue weighted by Crippen LogP contribution is -2.25. The highest BCUT2D eigenvalue weighted by atomic mass is 16.6. The van der Waals surface area contributed by atoms with Crippen LogP contribution in [0.3, 0.4) is 0 Å². The van der Waals surface area contributed by atoms with E-state index in [0.717, 1.165) is 51.4 Å². The minimum Gasteiger partial charge on any atom is -0.463 e. The molecule has 3 atom stereocenters. The molecule has 0 spiro atoms. The Labute approximate surface area is 294 Å². The van der Waals surface area contributed by atoms with E-state index in [4.69, 9.17) is 9.47 Å². The van der Waals surface area contributed by atoms with Gasteiger partial charge in [-0.2, -0.15) is 0 Å². The molecule has 0 aromatic rings. The maximum atomic E-state index is 12.0. The molecule has 0 saturated carbocycles. The average molecular weight is 677 g/mol. The van der Waals surface area contributed by atoms with E-state index in [-0.39, 0.29) is 31.7 Å². The Morgan fingerprint density at radius 2 is 0.875 bits per heavy atom. The molecule has 0 aromatic heterocycles. The Morgan fingerprint density at radius 1 is 0.500 bits per heavy atom. The standard InChI is InChI=1S/C41H72O7/c1-3-5-7-8-9-10-11-12-13-14-15-16-20-23-27-33-40(45)47-35-39(44)36-48-41(46)34-28-32-38(43)31-26-22-19-17-18-21-25-30-37(42)29-24-6-4-2/h18-19,21-22,25-26,30-31,37-39,42-44H,3-17,20,23-24,27-29,32-36H2,1-2H3/b21-18-,22-19-,30-25+,31-26+/t37-,38-,39+/m0/s1. The third-order valence-electron chi connectivity index (χ3n) is 8.28. The zero-order chi connectivity index (χ0) is 35.3. The van der Waals surface area contributed by atoms with Crippen molar-refractivity contribution in [1.82, 2.24) is 0 Å². The van der Waals surface area contributed by atoms with Crippen LogP contribution < -0.4 is 0 Å². The number of carbonyl (C=O) groups excluding carboxylic acids is 2. The summed E-state index contributed by atoms with van der Waals surface area (Å²) in [6, 6.07) is 0. The SMILES string of the molecule is CCCCCCCCCCCCCCCCCC(=O)OC[C@@H](O)COC(=O)CCC[C@@H](O)/C=C/C=C\C/C=C\C=C\[C@@H](O)CCCCC. The van der Waals surface area contributed by atoms with Crippen molar-refractivity contribution < 1.29 is 34.4 Å². The summed E-state index contributed by atoms with van der Waals surface area (Å²) >= 11 is 0. The van der Waals surface area contributed by atoms with Crippen LogP contribution in [0.1, 0.15) is 168 Å². The van der Waals surface area contributed by atoms with Gasteiger partial charge in [0.15, 0.2) is 0 Å². The molecule has 0 fully saturated rings. The quantitative estimate of drug-likeness (QED) is 0.0353. The second-order valence-corrected chi connectivity index (χ2v) is 13.1. The van der Waals surface area contributed by atoms with Gasteiger partial charge >= 0.3 is 11.9 Å². The molecule has 278 valence electrons. The number of aliphatic hydroxyl groups is 3. The minimum absolute atomic E-state index is 0.137. The van der Waals surface area contributed by atoms with Crippen LogP contribution in [0.25, 0.3) is 0 Å². The number of hydrogen-bond acceptors (Lipinski definition) is 7. The van der Waals surface area contributed by atoms with Crippen LogP contribution in [0, 0.1) is 0 Å². The smallest absolute Gasteiger partial charge is 0.305 e. The summed E-state index contributed by atoms with van der Waals surface area (Å²) in [5, 5.41) is 29.9. The van der Waals surface area contributed by atoms with Gasteiger partial charge in [0.05, 0.1) is 12.2 Å². The Balaban J connectivity index is 3.68. The average Bonchev–Trinajstić information content (AvgIpc) is 3.07. The molecule has 0 saturated heterocycles. The van der Waals surface area contributed by atoms with E-state index in [0.29, 0.717) is 19.3 Å². The third kappa shape index (κ3) is 35.1. The first-order valence-corrected chi connectivity index (χ1v) is 19.4. The summed E-state index contributed by atoms with van der Waals surface area (Å²) in [7, 11) is 0. The van der Waals surface area contributed by atoms with Crippen LogP contribution in [-0.2, 0) is 19.1 Å². The molecule has 0 heterocycles. The van der Waals surface area contributed by atoms with Gasteiger partial charge < -0.3 is 24.8 Å². The van der Waals surface area contributed by atoms with E-state index in [9.17, 15) is 24.9 Å². The molecule has 7 heteroatoms. The molecule has 0 amide bonds. The summed E-state index contributed by atoms with van der Waals surface area (Å²) < 4.78 is 10.2. The van der Waals surface area contributed by atoms with Gasteiger partial charge in [-0.05, 0) is 32.1 Å². The molecule has 0 unspecified atom stereocenters. The predicted octanol–water partition coefficient (Wildman–Crippen LogP) is 9.78. The zero-order valence-electron chi connectivity index (χ0n) is 30.7. The highest BCUT2D eigenvalue weighted by Crippen LogP contribution is 2.14. The van der Waals surface area contributed by atoms with Crippen LogP contribution in [0.2, 0.25) is 0 Å². The molecule has 0 aliphatic rings. The first kappa shape index (κ1) is 45.8. The fourth-order valence-corrected chi connectivity index (χ4v) is 5.24. The molecule has 0 aliphatic heterocycles. The van der Waals surface area contributed by atoms with Crippen molar-refractivity contribution in [3.63, 3.8) is 0 Å². The summed E-state index contributed by atoms with van der Waals surface area (Å²) in [5.41, 5.74) is 0. The van der Waals surface area contributed by atoms with Gasteiger partial charge in [-0.1, -0.05) is 172 Å². The Kier molecular flexibility index (Phi) is 34.4. The third-order valence-corrected chi connectivity index (χ3v) is 8.28. The molecule has 0 rings (SSSR count). The van der Waals surface area contributed by atoms with Crippen molar-refractivity contribution in [3.8, 4) is 0 Å². The van der Waals surface area contributed by atoms with Gasteiger partial charge in [0.1, 0.15) is 19.3 Å². The first-order valence-electron chi connectivity index (χ1n) is 19.4. The number of unbranched alkanes of at least 4 members (excludes halogenated alkanes) is 16. The summed E-state index contributed by atoms with van der Waals surface area (Å²) in [5.74, 6) is -0.784. The molecular weight excluding hydrogens is 604 g/mol. The number of hydrogen-bond donors (Lipinski definition) is 3. The number of rotatable bonds is 34. The Hall–Kier alpha value is -2.22. The van der Waals surface area contributed by atoms with Crippen LogP contribution in [0.4, 0.5) is 0 Å². The largest absolute Gasteiger partial charge is 0.463 e. The number of ether oxygens (including phenoxy) is 2. The van der Waals surface area contributed by atoms with Crippen molar-refractivity contribution in [2.24, 2.45) is 0 Å². The van der Waals surface area contributed by atoms with E-state index >= 15 is 0 Å². The van der Waals surface area contributed by atoms with Crippen LogP contribution >= 0.6 is 0 Å². The summed E-state index contributed by atoms with van der Waals surface area (Å²) in [4.78, 5) is 23.9. The van der Waals surface area contributed by atoms with Gasteiger partial charge in [-0.15, -0.1) is 0 Å². The van der Waals surface area contributed by atoms with Gasteiger partial charge in [0.25, 0.3) is 0 Å². The topological polar surface area (TPSA) is 113 Å². The number of allylic oxidation sites excluding steroid dienone is 6. The number of esters is 2. The second kappa shape index (κ2) is 36.1. The fraction of sp³-hybridized carbons (Fsp3) is 0.756. The monoisotopic (exact) mass is 677 g/mol. The summed E-state index contributed by atoms with van der Waals surface area (Å²) in [6.45, 7) is 4.00. The molecule has 7 nitrogen and oxygen atoms in total.